The summed E-state index contributed by atoms with van der Waals surface area (Å²) in [6.45, 7) is 0. The molecule has 1 amide bonds. The van der Waals surface area contributed by atoms with E-state index in [0.717, 1.165) is 32.9 Å². The Morgan fingerprint density at radius 3 is 2.57 bits per heavy atom. The molecule has 0 bridgehead atoms. The van der Waals surface area contributed by atoms with Gasteiger partial charge in [0, 0.05) is 21.7 Å². The van der Waals surface area contributed by atoms with Gasteiger partial charge in [0.1, 0.15) is 9.75 Å². The van der Waals surface area contributed by atoms with E-state index in [4.69, 9.17) is 11.6 Å². The molecule has 1 aromatic heterocycles. The summed E-state index contributed by atoms with van der Waals surface area (Å²) in [5, 5.41) is 9.91. The molecule has 3 aromatic rings. The first kappa shape index (κ1) is 19.7. The Hall–Kier alpha value is -2.23. The third kappa shape index (κ3) is 2.91. The maximum Gasteiger partial charge on any atom is 0.265 e. The number of carbonyl (C=O) groups is 1. The number of benzene rings is 2. The molecular formula is C21H17ClN2O4S2. The molecule has 1 saturated carbocycles. The first-order valence-electron chi connectivity index (χ1n) is 9.29. The Bertz CT molecular complexity index is 1260. The SMILES string of the molecule is O=C(NO)C1(NS(=O)(=O)c2ccc(-c3ccc(Cl)cc3)s2)[C@@H]2c3ccccc3C[C@@H]21. The van der Waals surface area contributed by atoms with E-state index in [9.17, 15) is 18.4 Å². The highest BCUT2D eigenvalue weighted by Gasteiger charge is 2.74. The van der Waals surface area contributed by atoms with E-state index >= 15 is 0 Å². The van der Waals surface area contributed by atoms with Crippen LogP contribution in [0, 0.1) is 5.92 Å². The molecule has 2 aliphatic rings. The predicted molar refractivity (Wildman–Crippen MR) is 114 cm³/mol. The molecular weight excluding hydrogens is 444 g/mol. The van der Waals surface area contributed by atoms with Crippen molar-refractivity contribution in [2.45, 2.75) is 22.1 Å². The van der Waals surface area contributed by atoms with Crippen molar-refractivity contribution in [2.24, 2.45) is 5.92 Å². The molecule has 1 unspecified atom stereocenters. The van der Waals surface area contributed by atoms with Gasteiger partial charge in [-0.2, -0.15) is 4.72 Å². The third-order valence-corrected chi connectivity index (χ3v) is 9.32. The second kappa shape index (κ2) is 6.90. The first-order chi connectivity index (χ1) is 14.4. The van der Waals surface area contributed by atoms with E-state index in [1.54, 1.807) is 23.7 Å². The van der Waals surface area contributed by atoms with Crippen LogP contribution in [0.4, 0.5) is 0 Å². The van der Waals surface area contributed by atoms with Crippen molar-refractivity contribution in [2.75, 3.05) is 0 Å². The van der Waals surface area contributed by atoms with Gasteiger partial charge in [-0.1, -0.05) is 48.0 Å². The van der Waals surface area contributed by atoms with Crippen molar-refractivity contribution >= 4 is 38.9 Å². The Labute approximate surface area is 182 Å². The largest absolute Gasteiger partial charge is 0.289 e. The summed E-state index contributed by atoms with van der Waals surface area (Å²) in [5.74, 6) is -1.26. The second-order valence-corrected chi connectivity index (χ2v) is 11.0. The lowest BCUT2D eigenvalue weighted by Gasteiger charge is -2.21. The van der Waals surface area contributed by atoms with Crippen molar-refractivity contribution in [3.63, 3.8) is 0 Å². The van der Waals surface area contributed by atoms with E-state index in [0.29, 0.717) is 11.4 Å². The van der Waals surface area contributed by atoms with Crippen LogP contribution in [0.1, 0.15) is 17.0 Å². The molecule has 5 rings (SSSR count). The van der Waals surface area contributed by atoms with Gasteiger partial charge in [0.15, 0.2) is 0 Å². The molecule has 3 atom stereocenters. The fraction of sp³-hybridized carbons (Fsp3) is 0.190. The van der Waals surface area contributed by atoms with E-state index in [-0.39, 0.29) is 16.0 Å². The van der Waals surface area contributed by atoms with Gasteiger partial charge in [-0.3, -0.25) is 10.0 Å². The Morgan fingerprint density at radius 1 is 1.10 bits per heavy atom. The molecule has 2 aromatic carbocycles. The zero-order valence-corrected chi connectivity index (χ0v) is 17.9. The second-order valence-electron chi connectivity index (χ2n) is 7.53. The molecule has 30 heavy (non-hydrogen) atoms. The normalized spacial score (nSPS) is 24.2. The van der Waals surface area contributed by atoms with E-state index < -0.39 is 21.5 Å². The minimum absolute atomic E-state index is 0.107. The summed E-state index contributed by atoms with van der Waals surface area (Å²) in [6.07, 6.45) is 0.581. The van der Waals surface area contributed by atoms with Gasteiger partial charge >= 0.3 is 0 Å². The van der Waals surface area contributed by atoms with Crippen molar-refractivity contribution in [1.82, 2.24) is 10.2 Å². The quantitative estimate of drug-likeness (QED) is 0.400. The Kier molecular flexibility index (Phi) is 4.53. The van der Waals surface area contributed by atoms with Crippen LogP contribution in [0.5, 0.6) is 0 Å². The maximum absolute atomic E-state index is 13.2. The van der Waals surface area contributed by atoms with Crippen molar-refractivity contribution in [1.29, 1.82) is 0 Å². The van der Waals surface area contributed by atoms with Crippen molar-refractivity contribution in [3.05, 3.63) is 76.8 Å². The molecule has 0 aliphatic heterocycles. The first-order valence-corrected chi connectivity index (χ1v) is 12.0. The number of rotatable bonds is 5. The number of thiophene rings is 1. The minimum Gasteiger partial charge on any atom is -0.289 e. The van der Waals surface area contributed by atoms with Crippen LogP contribution in [0.25, 0.3) is 10.4 Å². The van der Waals surface area contributed by atoms with Crippen molar-refractivity contribution < 1.29 is 18.4 Å². The molecule has 9 heteroatoms. The van der Waals surface area contributed by atoms with Gasteiger partial charge in [0.25, 0.3) is 15.9 Å². The lowest BCUT2D eigenvalue weighted by Crippen LogP contribution is -2.51. The van der Waals surface area contributed by atoms with Crippen LogP contribution in [0.2, 0.25) is 5.02 Å². The number of sulfonamides is 1. The van der Waals surface area contributed by atoms with Crippen molar-refractivity contribution in [3.8, 4) is 10.4 Å². The van der Waals surface area contributed by atoms with Crippen LogP contribution in [-0.2, 0) is 21.2 Å². The molecule has 3 N–H and O–H groups in total. The van der Waals surface area contributed by atoms with Gasteiger partial charge in [-0.15, -0.1) is 11.3 Å². The lowest BCUT2D eigenvalue weighted by molar-refractivity contribution is -0.132. The highest BCUT2D eigenvalue weighted by molar-refractivity contribution is 7.91. The standard InChI is InChI=1S/C21H17ClN2O4S2/c22-14-7-5-12(6-8-14)17-9-10-18(29-17)30(27,28)24-21(20(25)23-26)16-11-13-3-1-2-4-15(13)19(16)21/h1-10,16,19,24,26H,11H2,(H,23,25)/t16-,19+,21?/m0/s1. The van der Waals surface area contributed by atoms with E-state index in [1.165, 1.54) is 6.07 Å². The average molecular weight is 461 g/mol. The zero-order valence-electron chi connectivity index (χ0n) is 15.5. The number of hydrogen-bond acceptors (Lipinski definition) is 5. The number of carbonyl (C=O) groups excluding carboxylic acids is 1. The van der Waals surface area contributed by atoms with Gasteiger partial charge in [-0.05, 0) is 47.4 Å². The van der Waals surface area contributed by atoms with Gasteiger partial charge in [0.05, 0.1) is 0 Å². The molecule has 1 heterocycles. The molecule has 2 aliphatic carbocycles. The number of fused-ring (bicyclic) bond motifs is 3. The van der Waals surface area contributed by atoms with Crippen LogP contribution in [-0.4, -0.2) is 25.1 Å². The highest BCUT2D eigenvalue weighted by Crippen LogP contribution is 2.64. The fourth-order valence-corrected chi connectivity index (χ4v) is 7.42. The summed E-state index contributed by atoms with van der Waals surface area (Å²) < 4.78 is 29.1. The van der Waals surface area contributed by atoms with Crippen LogP contribution >= 0.6 is 22.9 Å². The molecule has 1 fully saturated rings. The smallest absolute Gasteiger partial charge is 0.265 e. The van der Waals surface area contributed by atoms with Crippen LogP contribution < -0.4 is 10.2 Å². The van der Waals surface area contributed by atoms with Crippen LogP contribution in [0.3, 0.4) is 0 Å². The lowest BCUT2D eigenvalue weighted by atomic mass is 9.98. The topological polar surface area (TPSA) is 95.5 Å². The highest BCUT2D eigenvalue weighted by atomic mass is 35.5. The summed E-state index contributed by atoms with van der Waals surface area (Å²) in [5.41, 5.74) is 3.18. The fourth-order valence-electron chi connectivity index (χ4n) is 4.56. The number of nitrogens with one attached hydrogen (secondary N) is 2. The number of halogens is 1. The molecule has 0 radical (unpaired) electrons. The summed E-state index contributed by atoms with van der Waals surface area (Å²) in [6, 6.07) is 18.1. The summed E-state index contributed by atoms with van der Waals surface area (Å²) >= 11 is 7.03. The van der Waals surface area contributed by atoms with Gasteiger partial charge in [-0.25, -0.2) is 13.9 Å². The number of hydroxylamine groups is 1. The molecule has 6 nitrogen and oxygen atoms in total. The number of amides is 1. The number of hydrogen-bond donors (Lipinski definition) is 3. The van der Waals surface area contributed by atoms with Gasteiger partial charge in [0.2, 0.25) is 0 Å². The van der Waals surface area contributed by atoms with Gasteiger partial charge < -0.3 is 0 Å². The zero-order chi connectivity index (χ0) is 21.1. The maximum atomic E-state index is 13.2. The third-order valence-electron chi connectivity index (χ3n) is 5.95. The van der Waals surface area contributed by atoms with Crippen LogP contribution in [0.15, 0.2) is 64.9 Å². The van der Waals surface area contributed by atoms with E-state index in [2.05, 4.69) is 4.72 Å². The Morgan fingerprint density at radius 2 is 1.83 bits per heavy atom. The summed E-state index contributed by atoms with van der Waals surface area (Å²) in [4.78, 5) is 13.4. The monoisotopic (exact) mass is 460 g/mol. The average Bonchev–Trinajstić information content (AvgIpc) is 3.12. The summed E-state index contributed by atoms with van der Waals surface area (Å²) in [7, 11) is -3.98. The Balaban J connectivity index is 1.47. The molecule has 154 valence electrons. The minimum atomic E-state index is -3.98. The predicted octanol–water partition coefficient (Wildman–Crippen LogP) is 3.56. The molecule has 0 saturated heterocycles. The van der Waals surface area contributed by atoms with E-state index in [1.807, 2.05) is 36.4 Å². The molecule has 0 spiro atoms.